The van der Waals surface area contributed by atoms with Crippen molar-refractivity contribution < 1.29 is 4.39 Å². The van der Waals surface area contributed by atoms with Crippen molar-refractivity contribution >= 4 is 27.5 Å². The molecule has 0 aliphatic rings. The Labute approximate surface area is 126 Å². The molecule has 0 saturated carbocycles. The van der Waals surface area contributed by atoms with Crippen LogP contribution >= 0.6 is 27.5 Å². The molecule has 100 valence electrons. The first-order valence-electron chi connectivity index (χ1n) is 6.06. The van der Waals surface area contributed by atoms with E-state index in [0.29, 0.717) is 10.6 Å². The zero-order chi connectivity index (χ0) is 14.2. The van der Waals surface area contributed by atoms with Crippen LogP contribution in [-0.2, 0) is 0 Å². The molecule has 0 aliphatic heterocycles. The van der Waals surface area contributed by atoms with Gasteiger partial charge in [0, 0.05) is 5.02 Å². The molecule has 0 radical (unpaired) electrons. The lowest BCUT2D eigenvalue weighted by molar-refractivity contribution is 0.618. The molecule has 0 nitrogen and oxygen atoms in total. The topological polar surface area (TPSA) is 0 Å². The van der Waals surface area contributed by atoms with Crippen molar-refractivity contribution in [3.05, 3.63) is 69.0 Å². The number of halogens is 3. The maximum atomic E-state index is 13.5. The summed E-state index contributed by atoms with van der Waals surface area (Å²) in [6.45, 7) is 5.87. The van der Waals surface area contributed by atoms with Crippen molar-refractivity contribution in [3.63, 3.8) is 0 Å². The van der Waals surface area contributed by atoms with E-state index in [2.05, 4.69) is 48.0 Å². The van der Waals surface area contributed by atoms with E-state index in [1.165, 1.54) is 17.2 Å². The summed E-state index contributed by atoms with van der Waals surface area (Å²) < 4.78 is 13.5. The molecule has 0 fully saturated rings. The second-order valence-corrected chi connectivity index (χ2v) is 6.23. The summed E-state index contributed by atoms with van der Waals surface area (Å²) in [6.07, 6.45) is 0. The van der Waals surface area contributed by atoms with E-state index in [4.69, 9.17) is 11.6 Å². The largest absolute Gasteiger partial charge is 0.207 e. The number of benzene rings is 2. The van der Waals surface area contributed by atoms with E-state index in [-0.39, 0.29) is 10.6 Å². The predicted octanol–water partition coefficient (Wildman–Crippen LogP) is 5.89. The molecule has 1 atom stereocenters. The highest BCUT2D eigenvalue weighted by Crippen LogP contribution is 2.37. The van der Waals surface area contributed by atoms with Crippen molar-refractivity contribution in [1.82, 2.24) is 0 Å². The quantitative estimate of drug-likeness (QED) is 0.598. The van der Waals surface area contributed by atoms with Crippen LogP contribution in [0.1, 0.15) is 32.6 Å². The predicted molar refractivity (Wildman–Crippen MR) is 82.8 cm³/mol. The Morgan fingerprint density at radius 3 is 2.16 bits per heavy atom. The fourth-order valence-electron chi connectivity index (χ4n) is 2.21. The molecule has 19 heavy (non-hydrogen) atoms. The van der Waals surface area contributed by atoms with Crippen molar-refractivity contribution in [2.45, 2.75) is 25.6 Å². The van der Waals surface area contributed by atoms with Crippen molar-refractivity contribution in [1.29, 1.82) is 0 Å². The lowest BCUT2D eigenvalue weighted by Gasteiger charge is -2.15. The van der Waals surface area contributed by atoms with Gasteiger partial charge in [-0.25, -0.2) is 4.39 Å². The zero-order valence-corrected chi connectivity index (χ0v) is 13.4. The van der Waals surface area contributed by atoms with E-state index >= 15 is 0 Å². The molecule has 0 heterocycles. The molecule has 0 saturated heterocycles. The smallest absolute Gasteiger partial charge is 0.127 e. The van der Waals surface area contributed by atoms with Crippen LogP contribution in [0.2, 0.25) is 5.02 Å². The Morgan fingerprint density at radius 2 is 1.58 bits per heavy atom. The number of alkyl halides is 1. The third-order valence-corrected chi connectivity index (χ3v) is 4.44. The number of hydrogen-bond acceptors (Lipinski definition) is 0. The Bertz CT molecular complexity index is 602. The molecule has 0 bridgehead atoms. The summed E-state index contributed by atoms with van der Waals surface area (Å²) in [5, 5.41) is 0.448. The Kier molecular flexibility index (Phi) is 4.32. The summed E-state index contributed by atoms with van der Waals surface area (Å²) in [5.74, 6) is -0.270. The molecule has 2 aromatic carbocycles. The van der Waals surface area contributed by atoms with Gasteiger partial charge in [-0.3, -0.25) is 0 Å². The fourth-order valence-corrected chi connectivity index (χ4v) is 3.24. The van der Waals surface area contributed by atoms with Crippen LogP contribution < -0.4 is 0 Å². The van der Waals surface area contributed by atoms with E-state index < -0.39 is 0 Å². The van der Waals surface area contributed by atoms with Gasteiger partial charge in [0.25, 0.3) is 0 Å². The van der Waals surface area contributed by atoms with Crippen molar-refractivity contribution in [3.8, 4) is 0 Å². The highest BCUT2D eigenvalue weighted by Gasteiger charge is 2.16. The van der Waals surface area contributed by atoms with Gasteiger partial charge in [-0.1, -0.05) is 62.9 Å². The van der Waals surface area contributed by atoms with E-state index in [1.807, 2.05) is 0 Å². The molecule has 1 unspecified atom stereocenters. The van der Waals surface area contributed by atoms with Gasteiger partial charge in [-0.05, 0) is 43.5 Å². The third-order valence-electron chi connectivity index (χ3n) is 3.09. The van der Waals surface area contributed by atoms with E-state index in [9.17, 15) is 4.39 Å². The van der Waals surface area contributed by atoms with Gasteiger partial charge in [0.15, 0.2) is 0 Å². The Balaban J connectivity index is 2.49. The van der Waals surface area contributed by atoms with Gasteiger partial charge >= 0.3 is 0 Å². The van der Waals surface area contributed by atoms with Gasteiger partial charge in [-0.2, -0.15) is 0 Å². The second-order valence-electron chi connectivity index (χ2n) is 4.91. The minimum atomic E-state index is -0.270. The third kappa shape index (κ3) is 3.18. The Morgan fingerprint density at radius 1 is 1.00 bits per heavy atom. The summed E-state index contributed by atoms with van der Waals surface area (Å²) in [5.41, 5.74) is 5.04. The zero-order valence-electron chi connectivity index (χ0n) is 11.1. The molecular weight excluding hydrogens is 327 g/mol. The second kappa shape index (κ2) is 5.64. The number of aryl methyl sites for hydroxylation is 3. The minimum absolute atomic E-state index is 0.0297. The Hall–Kier alpha value is -0.860. The normalized spacial score (nSPS) is 12.5. The van der Waals surface area contributed by atoms with Gasteiger partial charge in [-0.15, -0.1) is 0 Å². The summed E-state index contributed by atoms with van der Waals surface area (Å²) in [4.78, 5) is -0.0297. The molecule has 0 amide bonds. The van der Waals surface area contributed by atoms with Crippen LogP contribution in [0.15, 0.2) is 30.3 Å². The number of hydrogen-bond donors (Lipinski definition) is 0. The first-order chi connectivity index (χ1) is 8.88. The molecule has 0 aromatic heterocycles. The van der Waals surface area contributed by atoms with Gasteiger partial charge in [0.2, 0.25) is 0 Å². The van der Waals surface area contributed by atoms with E-state index in [1.54, 1.807) is 13.0 Å². The monoisotopic (exact) mass is 340 g/mol. The first kappa shape index (κ1) is 14.5. The molecule has 0 aliphatic carbocycles. The van der Waals surface area contributed by atoms with Crippen molar-refractivity contribution in [2.75, 3.05) is 0 Å². The highest BCUT2D eigenvalue weighted by atomic mass is 79.9. The maximum Gasteiger partial charge on any atom is 0.127 e. The molecule has 2 rings (SSSR count). The highest BCUT2D eigenvalue weighted by molar-refractivity contribution is 9.09. The lowest BCUT2D eigenvalue weighted by Crippen LogP contribution is -1.97. The van der Waals surface area contributed by atoms with E-state index in [0.717, 1.165) is 11.1 Å². The van der Waals surface area contributed by atoms with Crippen LogP contribution in [0.5, 0.6) is 0 Å². The first-order valence-corrected chi connectivity index (χ1v) is 7.35. The molecule has 0 N–H and O–H groups in total. The average molecular weight is 342 g/mol. The van der Waals surface area contributed by atoms with Crippen LogP contribution in [0.4, 0.5) is 4.39 Å². The lowest BCUT2D eigenvalue weighted by atomic mass is 9.99. The van der Waals surface area contributed by atoms with Crippen molar-refractivity contribution in [2.24, 2.45) is 0 Å². The van der Waals surface area contributed by atoms with Gasteiger partial charge < -0.3 is 0 Å². The molecule has 2 aromatic rings. The van der Waals surface area contributed by atoms with Crippen LogP contribution in [-0.4, -0.2) is 0 Å². The number of rotatable bonds is 2. The molecular formula is C16H15BrClF. The van der Waals surface area contributed by atoms with Crippen LogP contribution in [0, 0.1) is 26.6 Å². The van der Waals surface area contributed by atoms with Gasteiger partial charge in [0.05, 0.1) is 4.83 Å². The SMILES string of the molecule is Cc1cc(C)cc(C(Br)c2cc(C)c(F)cc2Cl)c1. The summed E-state index contributed by atoms with van der Waals surface area (Å²) >= 11 is 9.82. The minimum Gasteiger partial charge on any atom is -0.207 e. The average Bonchev–Trinajstić information content (AvgIpc) is 2.31. The maximum absolute atomic E-state index is 13.5. The summed E-state index contributed by atoms with van der Waals surface area (Å²) in [6, 6.07) is 9.53. The fraction of sp³-hybridized carbons (Fsp3) is 0.250. The van der Waals surface area contributed by atoms with Crippen LogP contribution in [0.25, 0.3) is 0 Å². The van der Waals surface area contributed by atoms with Gasteiger partial charge in [0.1, 0.15) is 5.82 Å². The summed E-state index contributed by atoms with van der Waals surface area (Å²) in [7, 11) is 0. The van der Waals surface area contributed by atoms with Crippen LogP contribution in [0.3, 0.4) is 0 Å². The standard InChI is InChI=1S/C16H15BrClF/c1-9-4-10(2)6-12(5-9)16(17)13-7-11(3)15(19)8-14(13)18/h4-8,16H,1-3H3. The molecule has 3 heteroatoms. The molecule has 0 spiro atoms.